The van der Waals surface area contributed by atoms with Crippen molar-refractivity contribution in [2.75, 3.05) is 12.4 Å². The molecular weight excluding hydrogens is 278 g/mol. The van der Waals surface area contributed by atoms with Crippen molar-refractivity contribution in [3.63, 3.8) is 0 Å². The predicted molar refractivity (Wildman–Crippen MR) is 83.8 cm³/mol. The Morgan fingerprint density at radius 2 is 2.09 bits per heavy atom. The number of carbonyl (C=O) groups is 1. The average molecular weight is 301 g/mol. The maximum absolute atomic E-state index is 12.2. The highest BCUT2D eigenvalue weighted by Crippen LogP contribution is 2.58. The molecule has 2 bridgehead atoms. The van der Waals surface area contributed by atoms with Gasteiger partial charge in [-0.1, -0.05) is 6.42 Å². The molecule has 0 aromatic carbocycles. The normalized spacial score (nSPS) is 35.2. The summed E-state index contributed by atoms with van der Waals surface area (Å²) in [6.45, 7) is 0. The molecule has 0 aliphatic heterocycles. The fraction of sp³-hybridized carbons (Fsp3) is 0.647. The monoisotopic (exact) mass is 301 g/mol. The second-order valence-electron chi connectivity index (χ2n) is 6.95. The molecule has 2 N–H and O–H groups in total. The molecule has 0 radical (unpaired) electrons. The van der Waals surface area contributed by atoms with E-state index in [2.05, 4.69) is 15.6 Å². The highest BCUT2D eigenvalue weighted by atomic mass is 16.5. The first-order valence-corrected chi connectivity index (χ1v) is 8.32. The number of hydrogen-bond acceptors (Lipinski definition) is 3. The first-order valence-electron chi connectivity index (χ1n) is 8.32. The summed E-state index contributed by atoms with van der Waals surface area (Å²) in [5.41, 5.74) is 0.695. The molecule has 3 fully saturated rings. The summed E-state index contributed by atoms with van der Waals surface area (Å²) < 4.78 is 5.02. The number of pyridine rings is 1. The van der Waals surface area contributed by atoms with E-state index >= 15 is 0 Å². The second-order valence-corrected chi connectivity index (χ2v) is 6.95. The van der Waals surface area contributed by atoms with E-state index in [1.165, 1.54) is 32.1 Å². The van der Waals surface area contributed by atoms with Gasteiger partial charge in [-0.2, -0.15) is 0 Å². The number of urea groups is 1. The molecular formula is C17H23N3O2. The lowest BCUT2D eigenvalue weighted by Gasteiger charge is -2.32. The number of ether oxygens (including phenoxy) is 1. The summed E-state index contributed by atoms with van der Waals surface area (Å²) in [6.07, 6.45) is 8.28. The molecule has 2 amide bonds. The Kier molecular flexibility index (Phi) is 3.43. The maximum Gasteiger partial charge on any atom is 0.319 e. The van der Waals surface area contributed by atoms with Crippen molar-refractivity contribution < 1.29 is 9.53 Å². The molecule has 3 aliphatic rings. The molecule has 5 nitrogen and oxygen atoms in total. The third-order valence-electron chi connectivity index (χ3n) is 5.95. The number of amides is 2. The fourth-order valence-corrected chi connectivity index (χ4v) is 5.14. The average Bonchev–Trinajstić information content (AvgIpc) is 3.20. The molecule has 0 spiro atoms. The van der Waals surface area contributed by atoms with E-state index in [4.69, 9.17) is 4.74 Å². The SMILES string of the molecule is COc1ccc(NC(=O)N[C@@H]2C[C@H]3C[C@H]2[C@@H]2CCC[C@H]32)cn1. The highest BCUT2D eigenvalue weighted by Gasteiger charge is 2.54. The summed E-state index contributed by atoms with van der Waals surface area (Å²) in [4.78, 5) is 16.3. The number of anilines is 1. The van der Waals surface area contributed by atoms with Gasteiger partial charge in [0.2, 0.25) is 5.88 Å². The number of fused-ring (bicyclic) bond motifs is 5. The number of rotatable bonds is 3. The van der Waals surface area contributed by atoms with Crippen LogP contribution in [0, 0.1) is 23.7 Å². The fourth-order valence-electron chi connectivity index (χ4n) is 5.14. The first kappa shape index (κ1) is 13.9. The summed E-state index contributed by atoms with van der Waals surface area (Å²) in [7, 11) is 1.58. The van der Waals surface area contributed by atoms with Crippen molar-refractivity contribution in [2.45, 2.75) is 38.1 Å². The lowest BCUT2D eigenvalue weighted by molar-refractivity contribution is 0.203. The smallest absolute Gasteiger partial charge is 0.319 e. The number of methoxy groups -OCH3 is 1. The van der Waals surface area contributed by atoms with E-state index in [1.807, 2.05) is 0 Å². The molecule has 4 rings (SSSR count). The Balaban J connectivity index is 1.34. The molecule has 118 valence electrons. The molecule has 1 aromatic rings. The Hall–Kier alpha value is -1.78. The van der Waals surface area contributed by atoms with Crippen LogP contribution in [-0.4, -0.2) is 24.2 Å². The van der Waals surface area contributed by atoms with Gasteiger partial charge < -0.3 is 15.4 Å². The molecule has 0 unspecified atom stereocenters. The number of nitrogens with one attached hydrogen (secondary N) is 2. The van der Waals surface area contributed by atoms with E-state index in [9.17, 15) is 4.79 Å². The van der Waals surface area contributed by atoms with Crippen LogP contribution < -0.4 is 15.4 Å². The van der Waals surface area contributed by atoms with Gasteiger partial charge in [-0.3, -0.25) is 0 Å². The molecule has 3 aliphatic carbocycles. The summed E-state index contributed by atoms with van der Waals surface area (Å²) in [5.74, 6) is 3.93. The molecule has 22 heavy (non-hydrogen) atoms. The van der Waals surface area contributed by atoms with Crippen molar-refractivity contribution in [1.82, 2.24) is 10.3 Å². The topological polar surface area (TPSA) is 63.2 Å². The molecule has 5 atom stereocenters. The van der Waals surface area contributed by atoms with Crippen molar-refractivity contribution in [1.29, 1.82) is 0 Å². The second kappa shape index (κ2) is 5.45. The Bertz CT molecular complexity index is 560. The van der Waals surface area contributed by atoms with Gasteiger partial charge in [0.25, 0.3) is 0 Å². The van der Waals surface area contributed by atoms with Crippen molar-refractivity contribution in [2.24, 2.45) is 23.7 Å². The summed E-state index contributed by atoms with van der Waals surface area (Å²) in [6, 6.07) is 3.80. The van der Waals surface area contributed by atoms with Gasteiger partial charge in [0, 0.05) is 12.1 Å². The largest absolute Gasteiger partial charge is 0.481 e. The standard InChI is InChI=1S/C17H23N3O2/c1-22-16-6-5-11(9-18-16)19-17(21)20-15-8-10-7-14(15)13-4-2-3-12(10)13/h5-6,9-10,12-15H,2-4,7-8H2,1H3,(H2,19,20,21)/t10-,12-,13-,14+,15-/m1/s1. The van der Waals surface area contributed by atoms with Crippen LogP contribution >= 0.6 is 0 Å². The van der Waals surface area contributed by atoms with Crippen molar-refractivity contribution in [3.8, 4) is 5.88 Å². The van der Waals surface area contributed by atoms with Crippen molar-refractivity contribution >= 4 is 11.7 Å². The van der Waals surface area contributed by atoms with Crippen LogP contribution in [-0.2, 0) is 0 Å². The van der Waals surface area contributed by atoms with E-state index in [0.717, 1.165) is 17.8 Å². The zero-order chi connectivity index (χ0) is 15.1. The van der Waals surface area contributed by atoms with Crippen LogP contribution in [0.15, 0.2) is 18.3 Å². The first-order chi connectivity index (χ1) is 10.7. The minimum atomic E-state index is -0.112. The molecule has 1 heterocycles. The lowest BCUT2D eigenvalue weighted by Crippen LogP contribution is -2.44. The predicted octanol–water partition coefficient (Wildman–Crippen LogP) is 3.04. The van der Waals surface area contributed by atoms with Crippen LogP contribution in [0.5, 0.6) is 5.88 Å². The van der Waals surface area contributed by atoms with E-state index in [-0.39, 0.29) is 6.03 Å². The van der Waals surface area contributed by atoms with Crippen LogP contribution in [0.1, 0.15) is 32.1 Å². The van der Waals surface area contributed by atoms with Gasteiger partial charge in [-0.15, -0.1) is 0 Å². The van der Waals surface area contributed by atoms with Crippen LogP contribution in [0.25, 0.3) is 0 Å². The van der Waals surface area contributed by atoms with E-state index in [1.54, 1.807) is 25.4 Å². The van der Waals surface area contributed by atoms with Crippen LogP contribution in [0.4, 0.5) is 10.5 Å². The number of hydrogen-bond donors (Lipinski definition) is 2. The van der Waals surface area contributed by atoms with Gasteiger partial charge in [0.1, 0.15) is 0 Å². The van der Waals surface area contributed by atoms with Gasteiger partial charge in [-0.25, -0.2) is 9.78 Å². The van der Waals surface area contributed by atoms with Gasteiger partial charge >= 0.3 is 6.03 Å². The van der Waals surface area contributed by atoms with Crippen LogP contribution in [0.3, 0.4) is 0 Å². The van der Waals surface area contributed by atoms with E-state index < -0.39 is 0 Å². The molecule has 3 saturated carbocycles. The zero-order valence-corrected chi connectivity index (χ0v) is 12.9. The lowest BCUT2D eigenvalue weighted by atomic mass is 9.79. The number of carbonyl (C=O) groups excluding carboxylic acids is 1. The summed E-state index contributed by atoms with van der Waals surface area (Å²) in [5, 5.41) is 6.06. The van der Waals surface area contributed by atoms with Gasteiger partial charge in [-0.05, 0) is 55.4 Å². The number of aromatic nitrogens is 1. The Morgan fingerprint density at radius 1 is 1.23 bits per heavy atom. The highest BCUT2D eigenvalue weighted by molar-refractivity contribution is 5.89. The van der Waals surface area contributed by atoms with Gasteiger partial charge in [0.05, 0.1) is 19.0 Å². The Labute approximate surface area is 130 Å². The quantitative estimate of drug-likeness (QED) is 0.902. The molecule has 0 saturated heterocycles. The number of nitrogens with zero attached hydrogens (tertiary/aromatic N) is 1. The van der Waals surface area contributed by atoms with Gasteiger partial charge in [0.15, 0.2) is 0 Å². The molecule has 1 aromatic heterocycles. The minimum absolute atomic E-state index is 0.112. The third-order valence-corrected chi connectivity index (χ3v) is 5.95. The van der Waals surface area contributed by atoms with Crippen molar-refractivity contribution in [3.05, 3.63) is 18.3 Å². The third kappa shape index (κ3) is 2.32. The van der Waals surface area contributed by atoms with E-state index in [0.29, 0.717) is 23.5 Å². The Morgan fingerprint density at radius 3 is 2.86 bits per heavy atom. The summed E-state index contributed by atoms with van der Waals surface area (Å²) >= 11 is 0. The zero-order valence-electron chi connectivity index (χ0n) is 12.9. The molecule has 5 heteroatoms. The maximum atomic E-state index is 12.2. The van der Waals surface area contributed by atoms with Crippen LogP contribution in [0.2, 0.25) is 0 Å². The minimum Gasteiger partial charge on any atom is -0.481 e.